The Hall–Kier alpha value is -0.940. The minimum Gasteiger partial charge on any atom is -0.370 e. The lowest BCUT2D eigenvalue weighted by Crippen LogP contribution is -2.37. The zero-order valence-corrected chi connectivity index (χ0v) is 12.9. The van der Waals surface area contributed by atoms with Crippen LogP contribution in [0.15, 0.2) is 4.52 Å². The molecule has 2 rings (SSSR count). The molecule has 2 N–H and O–H groups in total. The molecule has 1 atom stereocenters. The first-order valence-electron chi connectivity index (χ1n) is 7.78. The summed E-state index contributed by atoms with van der Waals surface area (Å²) in [6.45, 7) is 7.43. The van der Waals surface area contributed by atoms with Crippen LogP contribution >= 0.6 is 0 Å². The lowest BCUT2D eigenvalue weighted by atomic mass is 9.74. The molecule has 0 aliphatic heterocycles. The van der Waals surface area contributed by atoms with Gasteiger partial charge in [0.1, 0.15) is 6.10 Å². The second kappa shape index (κ2) is 6.68. The van der Waals surface area contributed by atoms with Crippen LogP contribution < -0.4 is 5.73 Å². The second-order valence-electron chi connectivity index (χ2n) is 6.12. The van der Waals surface area contributed by atoms with Gasteiger partial charge in [0, 0.05) is 13.2 Å². The molecule has 1 saturated carbocycles. The number of rotatable bonds is 6. The molecule has 5 heteroatoms. The molecule has 20 heavy (non-hydrogen) atoms. The van der Waals surface area contributed by atoms with E-state index in [1.165, 1.54) is 19.3 Å². The van der Waals surface area contributed by atoms with E-state index in [9.17, 15) is 0 Å². The molecule has 1 aromatic heterocycles. The van der Waals surface area contributed by atoms with Crippen molar-refractivity contribution < 1.29 is 9.26 Å². The smallest absolute Gasteiger partial charge is 0.234 e. The van der Waals surface area contributed by atoms with Crippen molar-refractivity contribution in [1.82, 2.24) is 10.1 Å². The highest BCUT2D eigenvalue weighted by Crippen LogP contribution is 2.38. The first kappa shape index (κ1) is 15.4. The van der Waals surface area contributed by atoms with Crippen molar-refractivity contribution in [2.75, 3.05) is 13.2 Å². The average Bonchev–Trinajstić information content (AvgIpc) is 2.95. The molecule has 0 aromatic carbocycles. The Morgan fingerprint density at radius 1 is 1.30 bits per heavy atom. The summed E-state index contributed by atoms with van der Waals surface area (Å²) < 4.78 is 11.3. The van der Waals surface area contributed by atoms with Crippen molar-refractivity contribution in [3.8, 4) is 0 Å². The van der Waals surface area contributed by atoms with Gasteiger partial charge in [-0.3, -0.25) is 0 Å². The maximum Gasteiger partial charge on any atom is 0.234 e. The highest BCUT2D eigenvalue weighted by molar-refractivity contribution is 5.09. The number of nitrogens with two attached hydrogens (primary N) is 1. The van der Waals surface area contributed by atoms with E-state index in [4.69, 9.17) is 15.0 Å². The molecule has 0 radical (unpaired) electrons. The SMILES string of the molecule is CCOC(c1noc(C2(CN)CCCCC2)n1)C(C)C. The van der Waals surface area contributed by atoms with E-state index in [2.05, 4.69) is 24.0 Å². The van der Waals surface area contributed by atoms with Crippen molar-refractivity contribution in [1.29, 1.82) is 0 Å². The van der Waals surface area contributed by atoms with E-state index in [1.807, 2.05) is 6.92 Å². The largest absolute Gasteiger partial charge is 0.370 e. The van der Waals surface area contributed by atoms with Crippen molar-refractivity contribution >= 4 is 0 Å². The number of ether oxygens (including phenoxy) is 1. The number of nitrogens with zero attached hydrogens (tertiary/aromatic N) is 2. The quantitative estimate of drug-likeness (QED) is 0.867. The van der Waals surface area contributed by atoms with E-state index in [-0.39, 0.29) is 11.5 Å². The third-order valence-corrected chi connectivity index (χ3v) is 4.30. The van der Waals surface area contributed by atoms with E-state index in [1.54, 1.807) is 0 Å². The van der Waals surface area contributed by atoms with Crippen molar-refractivity contribution in [3.63, 3.8) is 0 Å². The molecule has 1 heterocycles. The lowest BCUT2D eigenvalue weighted by Gasteiger charge is -2.32. The van der Waals surface area contributed by atoms with Gasteiger partial charge in [0.25, 0.3) is 0 Å². The molecule has 1 aliphatic carbocycles. The van der Waals surface area contributed by atoms with Gasteiger partial charge in [-0.05, 0) is 25.7 Å². The Labute approximate surface area is 121 Å². The van der Waals surface area contributed by atoms with E-state index >= 15 is 0 Å². The Balaban J connectivity index is 2.22. The fourth-order valence-corrected chi connectivity index (χ4v) is 3.04. The van der Waals surface area contributed by atoms with Crippen LogP contribution in [0, 0.1) is 5.92 Å². The summed E-state index contributed by atoms with van der Waals surface area (Å²) >= 11 is 0. The van der Waals surface area contributed by atoms with Gasteiger partial charge in [-0.15, -0.1) is 0 Å². The molecular formula is C15H27N3O2. The van der Waals surface area contributed by atoms with Crippen molar-refractivity contribution in [2.45, 2.75) is 64.4 Å². The summed E-state index contributed by atoms with van der Waals surface area (Å²) in [5.41, 5.74) is 5.90. The van der Waals surface area contributed by atoms with Crippen LogP contribution in [-0.2, 0) is 10.2 Å². The lowest BCUT2D eigenvalue weighted by molar-refractivity contribution is 0.0217. The summed E-state index contributed by atoms with van der Waals surface area (Å²) in [5, 5.41) is 4.16. The molecule has 1 fully saturated rings. The minimum absolute atomic E-state index is 0.101. The zero-order chi connectivity index (χ0) is 14.6. The standard InChI is InChI=1S/C15H27N3O2/c1-4-19-12(11(2)3)13-17-14(20-18-13)15(10-16)8-6-5-7-9-15/h11-12H,4-10,16H2,1-3H3. The Kier molecular flexibility index (Phi) is 5.16. The summed E-state index contributed by atoms with van der Waals surface area (Å²) in [6.07, 6.45) is 5.65. The number of aromatic nitrogens is 2. The molecule has 0 saturated heterocycles. The van der Waals surface area contributed by atoms with Gasteiger partial charge < -0.3 is 15.0 Å². The molecule has 1 aliphatic rings. The van der Waals surface area contributed by atoms with E-state index in [0.29, 0.717) is 30.8 Å². The Bertz CT molecular complexity index is 411. The highest BCUT2D eigenvalue weighted by Gasteiger charge is 2.38. The second-order valence-corrected chi connectivity index (χ2v) is 6.12. The van der Waals surface area contributed by atoms with Crippen LogP contribution in [0.25, 0.3) is 0 Å². The number of hydrogen-bond acceptors (Lipinski definition) is 5. The van der Waals surface area contributed by atoms with Gasteiger partial charge in [-0.2, -0.15) is 4.98 Å². The predicted octanol–water partition coefficient (Wildman–Crippen LogP) is 2.96. The summed E-state index contributed by atoms with van der Waals surface area (Å²) in [7, 11) is 0. The minimum atomic E-state index is -0.114. The summed E-state index contributed by atoms with van der Waals surface area (Å²) in [6, 6.07) is 0. The normalized spacial score (nSPS) is 20.2. The molecule has 114 valence electrons. The van der Waals surface area contributed by atoms with Crippen LogP contribution in [0.5, 0.6) is 0 Å². The van der Waals surface area contributed by atoms with Crippen LogP contribution in [0.3, 0.4) is 0 Å². The molecular weight excluding hydrogens is 254 g/mol. The molecule has 0 bridgehead atoms. The molecule has 0 spiro atoms. The highest BCUT2D eigenvalue weighted by atomic mass is 16.5. The number of hydrogen-bond donors (Lipinski definition) is 1. The van der Waals surface area contributed by atoms with Crippen LogP contribution in [0.2, 0.25) is 0 Å². The third-order valence-electron chi connectivity index (χ3n) is 4.30. The van der Waals surface area contributed by atoms with Crippen molar-refractivity contribution in [2.24, 2.45) is 11.7 Å². The maximum absolute atomic E-state index is 6.02. The summed E-state index contributed by atoms with van der Waals surface area (Å²) in [4.78, 5) is 4.63. The van der Waals surface area contributed by atoms with Gasteiger partial charge in [0.15, 0.2) is 0 Å². The Morgan fingerprint density at radius 3 is 2.55 bits per heavy atom. The van der Waals surface area contributed by atoms with Gasteiger partial charge in [-0.25, -0.2) is 0 Å². The Morgan fingerprint density at radius 2 is 2.00 bits per heavy atom. The zero-order valence-electron chi connectivity index (χ0n) is 12.9. The van der Waals surface area contributed by atoms with Crippen LogP contribution in [-0.4, -0.2) is 23.3 Å². The molecule has 1 aromatic rings. The van der Waals surface area contributed by atoms with E-state index < -0.39 is 0 Å². The molecule has 0 amide bonds. The van der Waals surface area contributed by atoms with E-state index in [0.717, 1.165) is 12.8 Å². The molecule has 5 nitrogen and oxygen atoms in total. The first-order chi connectivity index (χ1) is 9.63. The fraction of sp³-hybridized carbons (Fsp3) is 0.867. The topological polar surface area (TPSA) is 74.2 Å². The van der Waals surface area contributed by atoms with Crippen molar-refractivity contribution in [3.05, 3.63) is 11.7 Å². The summed E-state index contributed by atoms with van der Waals surface area (Å²) in [5.74, 6) is 1.69. The van der Waals surface area contributed by atoms with Gasteiger partial charge >= 0.3 is 0 Å². The molecule has 1 unspecified atom stereocenters. The predicted molar refractivity (Wildman–Crippen MR) is 77.3 cm³/mol. The van der Waals surface area contributed by atoms with Gasteiger partial charge in [0.2, 0.25) is 11.7 Å². The van der Waals surface area contributed by atoms with Gasteiger partial charge in [0.05, 0.1) is 5.41 Å². The first-order valence-corrected chi connectivity index (χ1v) is 7.78. The van der Waals surface area contributed by atoms with Crippen LogP contribution in [0.4, 0.5) is 0 Å². The van der Waals surface area contributed by atoms with Crippen LogP contribution in [0.1, 0.15) is 70.7 Å². The third kappa shape index (κ3) is 3.04. The average molecular weight is 281 g/mol. The monoisotopic (exact) mass is 281 g/mol. The fourth-order valence-electron chi connectivity index (χ4n) is 3.04. The maximum atomic E-state index is 6.02. The van der Waals surface area contributed by atoms with Gasteiger partial charge in [-0.1, -0.05) is 38.3 Å².